The highest BCUT2D eigenvalue weighted by atomic mass is 16.5. The second-order valence-electron chi connectivity index (χ2n) is 7.19. The molecule has 2 aromatic carbocycles. The minimum absolute atomic E-state index is 0.0817. The lowest BCUT2D eigenvalue weighted by atomic mass is 10.1. The van der Waals surface area contributed by atoms with Crippen LogP contribution in [-0.4, -0.2) is 43.5 Å². The van der Waals surface area contributed by atoms with Crippen LogP contribution in [0.25, 0.3) is 10.9 Å². The van der Waals surface area contributed by atoms with Crippen LogP contribution in [0, 0.1) is 0 Å². The monoisotopic (exact) mass is 404 g/mol. The number of nitrogens with zero attached hydrogens (tertiary/aromatic N) is 2. The molecule has 1 fully saturated rings. The van der Waals surface area contributed by atoms with Crippen molar-refractivity contribution in [3.8, 4) is 5.75 Å². The Morgan fingerprint density at radius 1 is 1.07 bits per heavy atom. The number of rotatable bonds is 6. The fourth-order valence-corrected chi connectivity index (χ4v) is 3.53. The number of aromatic nitrogens is 1. The molecule has 0 saturated carbocycles. The molecule has 0 unspecified atom stereocenters. The van der Waals surface area contributed by atoms with Gasteiger partial charge < -0.3 is 20.3 Å². The molecule has 0 aliphatic carbocycles. The Balaban J connectivity index is 1.60. The third-order valence-corrected chi connectivity index (χ3v) is 5.09. The molecular formula is C23H24N4O3. The number of anilines is 2. The molecule has 1 saturated heterocycles. The van der Waals surface area contributed by atoms with E-state index < -0.39 is 0 Å². The van der Waals surface area contributed by atoms with Gasteiger partial charge in [-0.2, -0.15) is 0 Å². The Morgan fingerprint density at radius 3 is 2.67 bits per heavy atom. The topological polar surface area (TPSA) is 83.6 Å². The predicted octanol–water partition coefficient (Wildman–Crippen LogP) is 3.21. The standard InChI is InChI=1S/C23H24N4O3/c1-24-21(28)15-30-18-9-6-8-17(14-18)25-23(29)19-13-16-7-2-3-10-20(16)26-22(19)27-11-4-5-12-27/h2-3,6-10,13-14H,4-5,11-12,15H2,1H3,(H,24,28)(H,25,29). The van der Waals surface area contributed by atoms with Crippen LogP contribution in [0.2, 0.25) is 0 Å². The van der Waals surface area contributed by atoms with Crippen molar-refractivity contribution in [1.82, 2.24) is 10.3 Å². The van der Waals surface area contributed by atoms with Crippen molar-refractivity contribution in [2.24, 2.45) is 0 Å². The first kappa shape index (κ1) is 19.7. The molecule has 0 radical (unpaired) electrons. The number of hydrogen-bond donors (Lipinski definition) is 2. The van der Waals surface area contributed by atoms with Crippen molar-refractivity contribution in [2.45, 2.75) is 12.8 Å². The van der Waals surface area contributed by atoms with Crippen molar-refractivity contribution in [1.29, 1.82) is 0 Å². The number of carbonyl (C=O) groups excluding carboxylic acids is 2. The molecule has 7 nitrogen and oxygen atoms in total. The zero-order chi connectivity index (χ0) is 20.9. The van der Waals surface area contributed by atoms with Crippen LogP contribution in [0.3, 0.4) is 0 Å². The molecule has 154 valence electrons. The van der Waals surface area contributed by atoms with Crippen molar-refractivity contribution in [3.63, 3.8) is 0 Å². The van der Waals surface area contributed by atoms with E-state index in [9.17, 15) is 9.59 Å². The van der Waals surface area contributed by atoms with Gasteiger partial charge in [-0.1, -0.05) is 24.3 Å². The van der Waals surface area contributed by atoms with E-state index in [0.29, 0.717) is 17.0 Å². The van der Waals surface area contributed by atoms with E-state index in [1.807, 2.05) is 30.3 Å². The van der Waals surface area contributed by atoms with Gasteiger partial charge in [0.25, 0.3) is 11.8 Å². The largest absolute Gasteiger partial charge is 0.484 e. The Labute approximate surface area is 175 Å². The van der Waals surface area contributed by atoms with Gasteiger partial charge in [0.1, 0.15) is 11.6 Å². The first-order valence-corrected chi connectivity index (χ1v) is 10.0. The Hall–Kier alpha value is -3.61. The maximum Gasteiger partial charge on any atom is 0.259 e. The highest BCUT2D eigenvalue weighted by Gasteiger charge is 2.22. The summed E-state index contributed by atoms with van der Waals surface area (Å²) in [5.74, 6) is 0.782. The quantitative estimate of drug-likeness (QED) is 0.659. The van der Waals surface area contributed by atoms with E-state index in [-0.39, 0.29) is 18.4 Å². The number of nitrogens with one attached hydrogen (secondary N) is 2. The van der Waals surface area contributed by atoms with Gasteiger partial charge in [0.2, 0.25) is 0 Å². The molecule has 2 N–H and O–H groups in total. The Kier molecular flexibility index (Phi) is 5.79. The number of para-hydroxylation sites is 1. The van der Waals surface area contributed by atoms with Gasteiger partial charge in [-0.25, -0.2) is 4.98 Å². The van der Waals surface area contributed by atoms with E-state index in [1.165, 1.54) is 0 Å². The second kappa shape index (κ2) is 8.82. The third kappa shape index (κ3) is 4.35. The minimum Gasteiger partial charge on any atom is -0.484 e. The number of benzene rings is 2. The number of pyridine rings is 1. The van der Waals surface area contributed by atoms with Crippen molar-refractivity contribution < 1.29 is 14.3 Å². The van der Waals surface area contributed by atoms with Gasteiger partial charge in [0, 0.05) is 37.3 Å². The van der Waals surface area contributed by atoms with Gasteiger partial charge >= 0.3 is 0 Å². The van der Waals surface area contributed by atoms with Gasteiger partial charge in [0.05, 0.1) is 11.1 Å². The van der Waals surface area contributed by atoms with E-state index in [2.05, 4.69) is 15.5 Å². The average molecular weight is 404 g/mol. The smallest absolute Gasteiger partial charge is 0.259 e. The summed E-state index contributed by atoms with van der Waals surface area (Å²) in [7, 11) is 1.55. The molecule has 1 aliphatic heterocycles. The van der Waals surface area contributed by atoms with Crippen LogP contribution in [0.5, 0.6) is 5.75 Å². The normalized spacial score (nSPS) is 13.3. The minimum atomic E-state index is -0.224. The van der Waals surface area contributed by atoms with Crippen molar-refractivity contribution >= 4 is 34.2 Å². The lowest BCUT2D eigenvalue weighted by molar-refractivity contribution is -0.122. The molecule has 1 aromatic heterocycles. The van der Waals surface area contributed by atoms with Crippen molar-refractivity contribution in [3.05, 3.63) is 60.2 Å². The summed E-state index contributed by atoms with van der Waals surface area (Å²) < 4.78 is 5.47. The Bertz CT molecular complexity index is 1080. The zero-order valence-electron chi connectivity index (χ0n) is 16.9. The highest BCUT2D eigenvalue weighted by molar-refractivity contribution is 6.09. The third-order valence-electron chi connectivity index (χ3n) is 5.09. The van der Waals surface area contributed by atoms with Crippen LogP contribution in [0.1, 0.15) is 23.2 Å². The van der Waals surface area contributed by atoms with Crippen LogP contribution in [-0.2, 0) is 4.79 Å². The van der Waals surface area contributed by atoms with E-state index in [4.69, 9.17) is 9.72 Å². The molecule has 2 heterocycles. The summed E-state index contributed by atoms with van der Waals surface area (Å²) in [6.45, 7) is 1.71. The number of hydrogen-bond acceptors (Lipinski definition) is 5. The molecule has 3 aromatic rings. The SMILES string of the molecule is CNC(=O)COc1cccc(NC(=O)c2cc3ccccc3nc2N2CCCC2)c1. The van der Waals surface area contributed by atoms with Crippen molar-refractivity contribution in [2.75, 3.05) is 37.0 Å². The summed E-state index contributed by atoms with van der Waals surface area (Å²) in [5, 5.41) is 6.37. The summed E-state index contributed by atoms with van der Waals surface area (Å²) >= 11 is 0. The van der Waals surface area contributed by atoms with E-state index >= 15 is 0 Å². The van der Waals surface area contributed by atoms with Crippen LogP contribution >= 0.6 is 0 Å². The summed E-state index contributed by atoms with van der Waals surface area (Å²) in [4.78, 5) is 31.5. The number of likely N-dealkylation sites (N-methyl/N-ethyl adjacent to an activating group) is 1. The zero-order valence-corrected chi connectivity index (χ0v) is 16.9. The van der Waals surface area contributed by atoms with Gasteiger partial charge in [-0.05, 0) is 37.1 Å². The lowest BCUT2D eigenvalue weighted by Gasteiger charge is -2.20. The summed E-state index contributed by atoms with van der Waals surface area (Å²) in [6.07, 6.45) is 2.20. The molecule has 2 amide bonds. The van der Waals surface area contributed by atoms with Gasteiger partial charge in [-0.3, -0.25) is 9.59 Å². The maximum absolute atomic E-state index is 13.2. The van der Waals surface area contributed by atoms with Gasteiger partial charge in [-0.15, -0.1) is 0 Å². The molecular weight excluding hydrogens is 380 g/mol. The molecule has 30 heavy (non-hydrogen) atoms. The molecule has 4 rings (SSSR count). The molecule has 1 aliphatic rings. The lowest BCUT2D eigenvalue weighted by Crippen LogP contribution is -2.25. The van der Waals surface area contributed by atoms with Crippen LogP contribution in [0.15, 0.2) is 54.6 Å². The number of fused-ring (bicyclic) bond motifs is 1. The molecule has 0 spiro atoms. The number of amides is 2. The highest BCUT2D eigenvalue weighted by Crippen LogP contribution is 2.28. The van der Waals surface area contributed by atoms with Gasteiger partial charge in [0.15, 0.2) is 6.61 Å². The number of ether oxygens (including phenoxy) is 1. The first-order chi connectivity index (χ1) is 14.6. The molecule has 0 bridgehead atoms. The van der Waals surface area contributed by atoms with Crippen LogP contribution in [0.4, 0.5) is 11.5 Å². The first-order valence-electron chi connectivity index (χ1n) is 10.0. The fourth-order valence-electron chi connectivity index (χ4n) is 3.53. The summed E-state index contributed by atoms with van der Waals surface area (Å²) in [5.41, 5.74) is 2.02. The second-order valence-corrected chi connectivity index (χ2v) is 7.19. The maximum atomic E-state index is 13.2. The molecule has 7 heteroatoms. The summed E-state index contributed by atoms with van der Waals surface area (Å²) in [6, 6.07) is 16.7. The molecule has 0 atom stereocenters. The predicted molar refractivity (Wildman–Crippen MR) is 117 cm³/mol. The van der Waals surface area contributed by atoms with Crippen LogP contribution < -0.4 is 20.3 Å². The van der Waals surface area contributed by atoms with E-state index in [0.717, 1.165) is 42.7 Å². The average Bonchev–Trinajstić information content (AvgIpc) is 3.31. The fraction of sp³-hybridized carbons (Fsp3) is 0.261. The number of carbonyl (C=O) groups is 2. The Morgan fingerprint density at radius 2 is 1.87 bits per heavy atom. The van der Waals surface area contributed by atoms with E-state index in [1.54, 1.807) is 31.3 Å².